The molecule has 0 aromatic heterocycles. The fourth-order valence-electron chi connectivity index (χ4n) is 3.73. The number of ether oxygens (including phenoxy) is 7. The van der Waals surface area contributed by atoms with Gasteiger partial charge >= 0.3 is 30.0 Å². The van der Waals surface area contributed by atoms with Gasteiger partial charge in [-0.05, 0) is 27.7 Å². The van der Waals surface area contributed by atoms with Gasteiger partial charge in [-0.3, -0.25) is 19.2 Å². The highest BCUT2D eigenvalue weighted by Crippen LogP contribution is 2.29. The van der Waals surface area contributed by atoms with Crippen molar-refractivity contribution in [2.24, 2.45) is 0 Å². The fourth-order valence-corrected chi connectivity index (χ4v) is 3.73. The van der Waals surface area contributed by atoms with Crippen LogP contribution in [0.25, 0.3) is 0 Å². The average molecular weight is 589 g/mol. The second-order valence-corrected chi connectivity index (χ2v) is 10.1. The molecule has 0 radical (unpaired) electrons. The van der Waals surface area contributed by atoms with E-state index in [0.29, 0.717) is 0 Å². The summed E-state index contributed by atoms with van der Waals surface area (Å²) in [6, 6.07) is -2.73. The van der Waals surface area contributed by atoms with Crippen molar-refractivity contribution < 1.29 is 61.9 Å². The minimum Gasteiger partial charge on any atom is -0.463 e. The second-order valence-electron chi connectivity index (χ2n) is 10.1. The molecule has 0 bridgehead atoms. The van der Waals surface area contributed by atoms with E-state index in [0.717, 1.165) is 20.8 Å². The van der Waals surface area contributed by atoms with E-state index in [9.17, 15) is 28.8 Å². The fraction of sp³-hybridized carbons (Fsp3) is 0.692. The standard InChI is InChI=1S/C26H40N2O13/c1-10-11-35-25(34)28-19(23(33)41-26(7,8)9)13(2)37-24-20(27-14(3)29)22(39-17(6)32)21(38-16(5)31)18(40-24)12-36-15(4)30/h10,13,18-22,24H,1,11-12H2,2-9H3,(H,27,29)(H,28,34)/t13-,18-,19+,20-,21+,22-,24+/m1/s1. The third-order valence-electron chi connectivity index (χ3n) is 5.16. The van der Waals surface area contributed by atoms with Crippen LogP contribution >= 0.6 is 0 Å². The van der Waals surface area contributed by atoms with Crippen molar-refractivity contribution in [3.8, 4) is 0 Å². The average Bonchev–Trinajstić information content (AvgIpc) is 2.81. The van der Waals surface area contributed by atoms with E-state index < -0.39 is 90.9 Å². The topological polar surface area (TPSA) is 191 Å². The van der Waals surface area contributed by atoms with E-state index in [1.807, 2.05) is 0 Å². The van der Waals surface area contributed by atoms with E-state index in [1.54, 1.807) is 20.8 Å². The zero-order valence-electron chi connectivity index (χ0n) is 24.5. The molecule has 0 aliphatic carbocycles. The van der Waals surface area contributed by atoms with Crippen molar-refractivity contribution in [1.82, 2.24) is 10.6 Å². The number of hydrogen-bond acceptors (Lipinski definition) is 13. The summed E-state index contributed by atoms with van der Waals surface area (Å²) in [6.07, 6.45) is -6.29. The zero-order chi connectivity index (χ0) is 31.5. The molecule has 2 N–H and O–H groups in total. The van der Waals surface area contributed by atoms with Gasteiger partial charge in [0.15, 0.2) is 24.5 Å². The SMILES string of the molecule is C=CCOC(=O)N[C@H](C(=O)OC(C)(C)C)[C@@H](C)O[C@H]1O[C@H](COC(C)=O)[C@H](OC(C)=O)[C@H](OC(C)=O)[C@H]1NC(C)=O. The molecule has 15 heteroatoms. The zero-order valence-corrected chi connectivity index (χ0v) is 24.5. The Morgan fingerprint density at radius 2 is 1.51 bits per heavy atom. The van der Waals surface area contributed by atoms with Gasteiger partial charge in [-0.15, -0.1) is 0 Å². The van der Waals surface area contributed by atoms with Crippen molar-refractivity contribution in [3.63, 3.8) is 0 Å². The van der Waals surface area contributed by atoms with Crippen LogP contribution < -0.4 is 10.6 Å². The lowest BCUT2D eigenvalue weighted by Crippen LogP contribution is -2.67. The number of carbonyl (C=O) groups excluding carboxylic acids is 6. The summed E-state index contributed by atoms with van der Waals surface area (Å²) >= 11 is 0. The molecule has 1 fully saturated rings. The van der Waals surface area contributed by atoms with Gasteiger partial charge in [0.05, 0.1) is 6.10 Å². The van der Waals surface area contributed by atoms with Crippen molar-refractivity contribution in [2.75, 3.05) is 13.2 Å². The molecule has 1 rings (SSSR count). The third kappa shape index (κ3) is 12.6. The molecular weight excluding hydrogens is 548 g/mol. The maximum atomic E-state index is 13.0. The Hall–Kier alpha value is -3.72. The van der Waals surface area contributed by atoms with Crippen molar-refractivity contribution in [2.45, 2.75) is 104 Å². The van der Waals surface area contributed by atoms with Crippen LogP contribution in [0.4, 0.5) is 4.79 Å². The molecule has 1 saturated heterocycles. The van der Waals surface area contributed by atoms with Crippen LogP contribution in [0.15, 0.2) is 12.7 Å². The molecule has 15 nitrogen and oxygen atoms in total. The first-order valence-electron chi connectivity index (χ1n) is 12.8. The normalized spacial score (nSPS) is 23.6. The number of esters is 4. The number of carbonyl (C=O) groups is 6. The van der Waals surface area contributed by atoms with E-state index >= 15 is 0 Å². The third-order valence-corrected chi connectivity index (χ3v) is 5.16. The minimum atomic E-state index is -1.48. The van der Waals surface area contributed by atoms with Crippen molar-refractivity contribution in [3.05, 3.63) is 12.7 Å². The highest BCUT2D eigenvalue weighted by Gasteiger charge is 2.52. The number of rotatable bonds is 12. The Labute approximate surface area is 238 Å². The first-order valence-corrected chi connectivity index (χ1v) is 12.8. The van der Waals surface area contributed by atoms with Crippen LogP contribution in [-0.4, -0.2) is 97.5 Å². The molecule has 232 valence electrons. The Kier molecular flexibility index (Phi) is 13.7. The maximum absolute atomic E-state index is 13.0. The van der Waals surface area contributed by atoms with Crippen molar-refractivity contribution >= 4 is 35.9 Å². The summed E-state index contributed by atoms with van der Waals surface area (Å²) in [4.78, 5) is 73.0. The largest absolute Gasteiger partial charge is 0.463 e. The first kappa shape index (κ1) is 35.3. The Bertz CT molecular complexity index is 977. The molecule has 7 atom stereocenters. The Morgan fingerprint density at radius 3 is 2.00 bits per heavy atom. The van der Waals surface area contributed by atoms with E-state index in [1.165, 1.54) is 19.9 Å². The second kappa shape index (κ2) is 15.9. The van der Waals surface area contributed by atoms with Crippen LogP contribution in [-0.2, 0) is 57.1 Å². The lowest BCUT2D eigenvalue weighted by Gasteiger charge is -2.45. The monoisotopic (exact) mass is 588 g/mol. The molecule has 0 saturated carbocycles. The summed E-state index contributed by atoms with van der Waals surface area (Å²) in [5, 5.41) is 4.93. The predicted molar refractivity (Wildman–Crippen MR) is 139 cm³/mol. The molecule has 1 heterocycles. The molecule has 41 heavy (non-hydrogen) atoms. The quantitative estimate of drug-likeness (QED) is 0.184. The van der Waals surface area contributed by atoms with Gasteiger partial charge in [-0.25, -0.2) is 9.59 Å². The lowest BCUT2D eigenvalue weighted by atomic mass is 9.95. The van der Waals surface area contributed by atoms with Crippen LogP contribution in [0.2, 0.25) is 0 Å². The number of alkyl carbamates (subject to hydrolysis) is 1. The minimum absolute atomic E-state index is 0.141. The van der Waals surface area contributed by atoms with Crippen LogP contribution in [0, 0.1) is 0 Å². The van der Waals surface area contributed by atoms with Gasteiger partial charge in [-0.2, -0.15) is 0 Å². The molecule has 0 aromatic carbocycles. The van der Waals surface area contributed by atoms with Crippen LogP contribution in [0.3, 0.4) is 0 Å². The molecule has 0 spiro atoms. The van der Waals surface area contributed by atoms with E-state index in [2.05, 4.69) is 17.2 Å². The summed E-state index contributed by atoms with van der Waals surface area (Å²) in [5.74, 6) is -3.71. The van der Waals surface area contributed by atoms with Gasteiger partial charge < -0.3 is 43.8 Å². The van der Waals surface area contributed by atoms with Crippen molar-refractivity contribution in [1.29, 1.82) is 0 Å². The number of nitrogens with one attached hydrogen (secondary N) is 2. The highest BCUT2D eigenvalue weighted by atomic mass is 16.7. The first-order chi connectivity index (χ1) is 18.9. The maximum Gasteiger partial charge on any atom is 0.408 e. The van der Waals surface area contributed by atoms with Gasteiger partial charge in [0.25, 0.3) is 0 Å². The molecule has 0 aromatic rings. The molecule has 2 amide bonds. The van der Waals surface area contributed by atoms with Gasteiger partial charge in [-0.1, -0.05) is 12.7 Å². The summed E-state index contributed by atoms with van der Waals surface area (Å²) in [7, 11) is 0. The molecule has 0 unspecified atom stereocenters. The highest BCUT2D eigenvalue weighted by molar-refractivity contribution is 5.82. The van der Waals surface area contributed by atoms with E-state index in [4.69, 9.17) is 33.2 Å². The number of amides is 2. The molecule has 1 aliphatic rings. The van der Waals surface area contributed by atoms with Crippen LogP contribution in [0.5, 0.6) is 0 Å². The summed E-state index contributed by atoms with van der Waals surface area (Å²) < 4.78 is 38.1. The predicted octanol–water partition coefficient (Wildman–Crippen LogP) is 0.670. The van der Waals surface area contributed by atoms with Gasteiger partial charge in [0.2, 0.25) is 5.91 Å². The smallest absolute Gasteiger partial charge is 0.408 e. The summed E-state index contributed by atoms with van der Waals surface area (Å²) in [6.45, 7) is 13.7. The Balaban J connectivity index is 3.49. The van der Waals surface area contributed by atoms with Gasteiger partial charge in [0, 0.05) is 27.7 Å². The summed E-state index contributed by atoms with van der Waals surface area (Å²) in [5.41, 5.74) is -0.936. The van der Waals surface area contributed by atoms with Gasteiger partial charge in [0.1, 0.15) is 31.0 Å². The molecule has 1 aliphatic heterocycles. The van der Waals surface area contributed by atoms with E-state index in [-0.39, 0.29) is 6.61 Å². The molecular formula is C26H40N2O13. The number of hydrogen-bond donors (Lipinski definition) is 2. The lowest BCUT2D eigenvalue weighted by molar-refractivity contribution is -0.288. The van der Waals surface area contributed by atoms with Crippen LogP contribution in [0.1, 0.15) is 55.4 Å². The Morgan fingerprint density at radius 1 is 0.927 bits per heavy atom.